The molecule has 3 rings (SSSR count). The van der Waals surface area contributed by atoms with Crippen molar-refractivity contribution in [3.8, 4) is 0 Å². The van der Waals surface area contributed by atoms with Crippen LogP contribution in [0.25, 0.3) is 10.1 Å². The topological polar surface area (TPSA) is 34.9 Å². The molecule has 0 radical (unpaired) electrons. The summed E-state index contributed by atoms with van der Waals surface area (Å²) in [4.78, 5) is 12.4. The molecule has 3 nitrogen and oxygen atoms in total. The van der Waals surface area contributed by atoms with Crippen LogP contribution in [0.3, 0.4) is 0 Å². The van der Waals surface area contributed by atoms with Gasteiger partial charge in [-0.1, -0.05) is 25.1 Å². The summed E-state index contributed by atoms with van der Waals surface area (Å²) in [5.74, 6) is 0.128. The van der Waals surface area contributed by atoms with E-state index in [4.69, 9.17) is 0 Å². The number of aryl methyl sites for hydroxylation is 2. The Balaban J connectivity index is 1.90. The van der Waals surface area contributed by atoms with Crippen molar-refractivity contribution < 1.29 is 4.79 Å². The number of hydrogen-bond donors (Lipinski definition) is 0. The Labute approximate surface area is 121 Å². The number of nitrogens with zero attached hydrogens (tertiary/aromatic N) is 2. The van der Waals surface area contributed by atoms with E-state index in [0.717, 1.165) is 17.7 Å². The zero-order chi connectivity index (χ0) is 14.1. The summed E-state index contributed by atoms with van der Waals surface area (Å²) in [5, 5.41) is 7.61. The average Bonchev–Trinajstić information content (AvgIpc) is 3.03. The molecule has 0 saturated carbocycles. The van der Waals surface area contributed by atoms with Gasteiger partial charge in [0.1, 0.15) is 5.69 Å². The minimum absolute atomic E-state index is 0.128. The maximum Gasteiger partial charge on any atom is 0.185 e. The summed E-state index contributed by atoms with van der Waals surface area (Å²) in [6.07, 6.45) is 1.29. The van der Waals surface area contributed by atoms with Crippen molar-refractivity contribution in [3.63, 3.8) is 0 Å². The number of thiophene rings is 1. The molecule has 2 heterocycles. The van der Waals surface area contributed by atoms with E-state index in [1.54, 1.807) is 16.0 Å². The third-order valence-corrected chi connectivity index (χ3v) is 4.50. The van der Waals surface area contributed by atoms with Gasteiger partial charge in [-0.15, -0.1) is 11.3 Å². The molecule has 0 spiro atoms. The Morgan fingerprint density at radius 2 is 2.15 bits per heavy atom. The first-order valence-corrected chi connectivity index (χ1v) is 7.58. The molecule has 0 aliphatic rings. The predicted molar refractivity (Wildman–Crippen MR) is 82.4 cm³/mol. The quantitative estimate of drug-likeness (QED) is 0.686. The third kappa shape index (κ3) is 2.27. The van der Waals surface area contributed by atoms with Crippen molar-refractivity contribution in [2.45, 2.75) is 19.8 Å². The summed E-state index contributed by atoms with van der Waals surface area (Å²) >= 11 is 1.69. The number of aromatic nitrogens is 2. The molecule has 20 heavy (non-hydrogen) atoms. The van der Waals surface area contributed by atoms with Crippen molar-refractivity contribution in [2.24, 2.45) is 7.05 Å². The molecule has 0 aliphatic heterocycles. The van der Waals surface area contributed by atoms with Gasteiger partial charge in [0.25, 0.3) is 0 Å². The highest BCUT2D eigenvalue weighted by atomic mass is 32.1. The first-order chi connectivity index (χ1) is 9.69. The van der Waals surface area contributed by atoms with E-state index in [1.165, 1.54) is 10.1 Å². The van der Waals surface area contributed by atoms with Gasteiger partial charge in [-0.25, -0.2) is 0 Å². The van der Waals surface area contributed by atoms with Crippen LogP contribution in [0.2, 0.25) is 0 Å². The lowest BCUT2D eigenvalue weighted by atomic mass is 10.1. The Hall–Kier alpha value is -1.94. The number of rotatable bonds is 4. The van der Waals surface area contributed by atoms with Crippen LogP contribution in [0.4, 0.5) is 0 Å². The molecule has 0 bridgehead atoms. The van der Waals surface area contributed by atoms with Crippen LogP contribution in [0.1, 0.15) is 28.7 Å². The molecule has 0 saturated heterocycles. The van der Waals surface area contributed by atoms with Crippen LogP contribution < -0.4 is 0 Å². The van der Waals surface area contributed by atoms with Crippen LogP contribution >= 0.6 is 11.3 Å². The van der Waals surface area contributed by atoms with Gasteiger partial charge < -0.3 is 0 Å². The molecule has 2 aromatic heterocycles. The van der Waals surface area contributed by atoms with Crippen molar-refractivity contribution in [3.05, 3.63) is 52.7 Å². The first kappa shape index (κ1) is 13.1. The minimum atomic E-state index is 0.128. The number of ketones is 1. The molecular weight excluding hydrogens is 268 g/mol. The maximum absolute atomic E-state index is 12.4. The fourth-order valence-corrected chi connectivity index (χ4v) is 3.36. The van der Waals surface area contributed by atoms with Gasteiger partial charge in [-0.2, -0.15) is 5.10 Å². The molecule has 1 aromatic carbocycles. The summed E-state index contributed by atoms with van der Waals surface area (Å²) in [5.41, 5.74) is 2.76. The van der Waals surface area contributed by atoms with E-state index < -0.39 is 0 Å². The Kier molecular flexibility index (Phi) is 3.40. The van der Waals surface area contributed by atoms with E-state index in [-0.39, 0.29) is 5.78 Å². The van der Waals surface area contributed by atoms with Crippen LogP contribution in [-0.2, 0) is 19.9 Å². The zero-order valence-electron chi connectivity index (χ0n) is 11.6. The number of Topliss-reactive ketones (excluding diaryl/α,β-unsaturated/α-hetero) is 1. The largest absolute Gasteiger partial charge is 0.292 e. The van der Waals surface area contributed by atoms with Gasteiger partial charge in [-0.3, -0.25) is 9.48 Å². The molecule has 0 fully saturated rings. The van der Waals surface area contributed by atoms with Crippen molar-refractivity contribution >= 4 is 27.2 Å². The lowest BCUT2D eigenvalue weighted by molar-refractivity contribution is 0.0984. The number of hydrogen-bond acceptors (Lipinski definition) is 3. The number of carbonyl (C=O) groups excluding carboxylic acids is 1. The van der Waals surface area contributed by atoms with E-state index in [0.29, 0.717) is 12.1 Å². The van der Waals surface area contributed by atoms with Crippen LogP contribution in [0.15, 0.2) is 35.7 Å². The second-order valence-electron chi connectivity index (χ2n) is 4.86. The molecule has 0 atom stereocenters. The summed E-state index contributed by atoms with van der Waals surface area (Å²) in [6, 6.07) is 10.1. The van der Waals surface area contributed by atoms with Gasteiger partial charge in [0, 0.05) is 18.2 Å². The molecule has 3 aromatic rings. The van der Waals surface area contributed by atoms with Crippen molar-refractivity contribution in [1.82, 2.24) is 9.78 Å². The fraction of sp³-hybridized carbons (Fsp3) is 0.250. The second kappa shape index (κ2) is 5.21. The predicted octanol–water partition coefficient (Wildman–Crippen LogP) is 3.62. The van der Waals surface area contributed by atoms with Crippen molar-refractivity contribution in [1.29, 1.82) is 0 Å². The Bertz CT molecular complexity index is 770. The van der Waals surface area contributed by atoms with Gasteiger partial charge in [0.05, 0.1) is 5.69 Å². The minimum Gasteiger partial charge on any atom is -0.292 e. The first-order valence-electron chi connectivity index (χ1n) is 6.70. The van der Waals surface area contributed by atoms with E-state index >= 15 is 0 Å². The monoisotopic (exact) mass is 284 g/mol. The van der Waals surface area contributed by atoms with Crippen LogP contribution in [-0.4, -0.2) is 15.6 Å². The highest BCUT2D eigenvalue weighted by Crippen LogP contribution is 2.26. The fourth-order valence-electron chi connectivity index (χ4n) is 2.39. The Morgan fingerprint density at radius 3 is 2.90 bits per heavy atom. The number of carbonyl (C=O) groups is 1. The zero-order valence-corrected chi connectivity index (χ0v) is 12.4. The highest BCUT2D eigenvalue weighted by molar-refractivity contribution is 7.17. The Morgan fingerprint density at radius 1 is 1.35 bits per heavy atom. The molecule has 0 unspecified atom stereocenters. The van der Waals surface area contributed by atoms with Gasteiger partial charge in [0.2, 0.25) is 0 Å². The summed E-state index contributed by atoms with van der Waals surface area (Å²) in [7, 11) is 1.83. The highest BCUT2D eigenvalue weighted by Gasteiger charge is 2.15. The lowest BCUT2D eigenvalue weighted by Gasteiger charge is -2.00. The maximum atomic E-state index is 12.4. The summed E-state index contributed by atoms with van der Waals surface area (Å²) < 4.78 is 2.92. The molecule has 0 amide bonds. The van der Waals surface area contributed by atoms with Crippen LogP contribution in [0, 0.1) is 0 Å². The molecule has 4 heteroatoms. The average molecular weight is 284 g/mol. The number of benzene rings is 1. The van der Waals surface area contributed by atoms with Crippen molar-refractivity contribution in [2.75, 3.05) is 0 Å². The lowest BCUT2D eigenvalue weighted by Crippen LogP contribution is -2.09. The van der Waals surface area contributed by atoms with E-state index in [9.17, 15) is 4.79 Å². The SMILES string of the molecule is CCc1cc(C(=O)Cc2csc3ccccc23)n(C)n1. The van der Waals surface area contributed by atoms with Gasteiger partial charge in [0.15, 0.2) is 5.78 Å². The smallest absolute Gasteiger partial charge is 0.185 e. The molecule has 102 valence electrons. The third-order valence-electron chi connectivity index (χ3n) is 3.49. The molecule has 0 N–H and O–H groups in total. The second-order valence-corrected chi connectivity index (χ2v) is 5.77. The van der Waals surface area contributed by atoms with Crippen LogP contribution in [0.5, 0.6) is 0 Å². The van der Waals surface area contributed by atoms with E-state index in [1.807, 2.05) is 32.2 Å². The number of fused-ring (bicyclic) bond motifs is 1. The standard InChI is InChI=1S/C16H16N2OS/c1-3-12-9-14(18(2)17-12)15(19)8-11-10-20-16-7-5-4-6-13(11)16/h4-7,9-10H,3,8H2,1-2H3. The molecular formula is C16H16N2OS. The summed E-state index contributed by atoms with van der Waals surface area (Å²) in [6.45, 7) is 2.04. The normalized spacial score (nSPS) is 11.1. The van der Waals surface area contributed by atoms with Gasteiger partial charge in [-0.05, 0) is 34.9 Å². The van der Waals surface area contributed by atoms with E-state index in [2.05, 4.69) is 22.6 Å². The molecule has 0 aliphatic carbocycles. The van der Waals surface area contributed by atoms with Gasteiger partial charge >= 0.3 is 0 Å².